The van der Waals surface area contributed by atoms with Gasteiger partial charge in [-0.2, -0.15) is 13.2 Å². The van der Waals surface area contributed by atoms with Crippen LogP contribution in [0.4, 0.5) is 13.2 Å². The lowest BCUT2D eigenvalue weighted by molar-refractivity contribution is -0.137. The Morgan fingerprint density at radius 1 is 1.29 bits per heavy atom. The number of rotatable bonds is 6. The molecule has 2 N–H and O–H groups in total. The summed E-state index contributed by atoms with van der Waals surface area (Å²) >= 11 is 0. The number of piperidine rings is 1. The maximum absolute atomic E-state index is 12.9. The van der Waals surface area contributed by atoms with Gasteiger partial charge in [0.2, 0.25) is 0 Å². The van der Waals surface area contributed by atoms with E-state index in [2.05, 4.69) is 27.4 Å². The van der Waals surface area contributed by atoms with Crippen molar-refractivity contribution in [1.29, 1.82) is 0 Å². The summed E-state index contributed by atoms with van der Waals surface area (Å²) in [5.41, 5.74) is -0.0465. The van der Waals surface area contributed by atoms with Crippen molar-refractivity contribution in [2.24, 2.45) is 10.9 Å². The first-order valence-electron chi connectivity index (χ1n) is 9.70. The van der Waals surface area contributed by atoms with Gasteiger partial charge in [0, 0.05) is 13.6 Å². The molecule has 1 fully saturated rings. The maximum atomic E-state index is 12.9. The summed E-state index contributed by atoms with van der Waals surface area (Å²) < 4.78 is 38.7. The van der Waals surface area contributed by atoms with E-state index in [1.165, 1.54) is 38.1 Å². The largest absolute Gasteiger partial charge is 0.416 e. The van der Waals surface area contributed by atoms with Gasteiger partial charge >= 0.3 is 6.18 Å². The van der Waals surface area contributed by atoms with Crippen molar-refractivity contribution in [1.82, 2.24) is 15.5 Å². The van der Waals surface area contributed by atoms with Crippen LogP contribution in [0.5, 0.6) is 0 Å². The van der Waals surface area contributed by atoms with E-state index in [9.17, 15) is 13.2 Å². The van der Waals surface area contributed by atoms with Crippen LogP contribution in [0.25, 0.3) is 0 Å². The second-order valence-electron chi connectivity index (χ2n) is 7.15. The predicted octanol–water partition coefficient (Wildman–Crippen LogP) is 4.67. The first-order valence-corrected chi connectivity index (χ1v) is 9.70. The van der Waals surface area contributed by atoms with E-state index >= 15 is 0 Å². The van der Waals surface area contributed by atoms with E-state index in [0.717, 1.165) is 31.5 Å². The van der Waals surface area contributed by atoms with E-state index in [0.29, 0.717) is 11.5 Å². The Hall–Kier alpha value is -1.03. The smallest absolute Gasteiger partial charge is 0.356 e. The summed E-state index contributed by atoms with van der Waals surface area (Å²) in [6, 6.07) is 5.14. The van der Waals surface area contributed by atoms with Crippen molar-refractivity contribution in [2.75, 3.05) is 33.2 Å². The minimum Gasteiger partial charge on any atom is -0.356 e. The fraction of sp³-hybridized carbons (Fsp3) is 0.650. The third-order valence-corrected chi connectivity index (χ3v) is 5.29. The standard InChI is InChI=1S/C20H31F3N4.HI/c1-4-27-12-9-16(10-13-27)8-11-25-19(24-3)26-15(2)17-6-5-7-18(14-17)20(21,22)23;/h5-7,14-16H,4,8-13H2,1-3H3,(H2,24,25,26);1H. The Balaban J connectivity index is 0.00000392. The molecular formula is C20H32F3IN4. The Bertz CT molecular complexity index is 614. The molecule has 160 valence electrons. The molecule has 1 aliphatic heterocycles. The molecule has 1 aromatic carbocycles. The zero-order chi connectivity index (χ0) is 19.9. The van der Waals surface area contributed by atoms with Crippen molar-refractivity contribution in [3.8, 4) is 0 Å². The summed E-state index contributed by atoms with van der Waals surface area (Å²) in [5, 5.41) is 6.47. The highest BCUT2D eigenvalue weighted by Crippen LogP contribution is 2.30. The number of nitrogens with zero attached hydrogens (tertiary/aromatic N) is 2. The van der Waals surface area contributed by atoms with Crippen LogP contribution in [0.1, 0.15) is 50.3 Å². The number of alkyl halides is 3. The van der Waals surface area contributed by atoms with Gasteiger partial charge in [-0.05, 0) is 69.4 Å². The molecule has 1 aliphatic rings. The Morgan fingerprint density at radius 3 is 2.54 bits per heavy atom. The van der Waals surface area contributed by atoms with Gasteiger partial charge in [-0.1, -0.05) is 19.1 Å². The first kappa shape index (κ1) is 25.0. The molecule has 0 spiro atoms. The number of likely N-dealkylation sites (tertiary alicyclic amines) is 1. The highest BCUT2D eigenvalue weighted by molar-refractivity contribution is 14.0. The molecule has 0 aliphatic carbocycles. The lowest BCUT2D eigenvalue weighted by atomic mass is 9.93. The molecule has 1 unspecified atom stereocenters. The third-order valence-electron chi connectivity index (χ3n) is 5.29. The zero-order valence-electron chi connectivity index (χ0n) is 16.9. The van der Waals surface area contributed by atoms with Gasteiger partial charge in [-0.15, -0.1) is 24.0 Å². The average Bonchev–Trinajstić information content (AvgIpc) is 2.67. The molecule has 2 rings (SSSR count). The molecule has 1 saturated heterocycles. The molecule has 28 heavy (non-hydrogen) atoms. The number of hydrogen-bond acceptors (Lipinski definition) is 2. The van der Waals surface area contributed by atoms with E-state index in [1.807, 2.05) is 6.92 Å². The molecular weight excluding hydrogens is 480 g/mol. The molecule has 1 heterocycles. The number of hydrogen-bond donors (Lipinski definition) is 2. The molecule has 0 saturated carbocycles. The van der Waals surface area contributed by atoms with Crippen LogP contribution in [0.2, 0.25) is 0 Å². The normalized spacial score (nSPS) is 17.7. The van der Waals surface area contributed by atoms with Crippen LogP contribution in [-0.4, -0.2) is 44.1 Å². The van der Waals surface area contributed by atoms with Crippen molar-refractivity contribution < 1.29 is 13.2 Å². The predicted molar refractivity (Wildman–Crippen MR) is 119 cm³/mol. The fourth-order valence-corrected chi connectivity index (χ4v) is 3.45. The number of halogens is 4. The van der Waals surface area contributed by atoms with Crippen LogP contribution in [0.15, 0.2) is 29.3 Å². The topological polar surface area (TPSA) is 39.7 Å². The fourth-order valence-electron chi connectivity index (χ4n) is 3.45. The molecule has 0 aromatic heterocycles. The van der Waals surface area contributed by atoms with Crippen LogP contribution < -0.4 is 10.6 Å². The number of nitrogens with one attached hydrogen (secondary N) is 2. The number of guanidine groups is 1. The van der Waals surface area contributed by atoms with Crippen LogP contribution in [-0.2, 0) is 6.18 Å². The SMILES string of the molecule is CCN1CCC(CCNC(=NC)NC(C)c2cccc(C(F)(F)F)c2)CC1.I. The van der Waals surface area contributed by atoms with Crippen molar-refractivity contribution in [3.63, 3.8) is 0 Å². The van der Waals surface area contributed by atoms with Gasteiger partial charge in [0.05, 0.1) is 11.6 Å². The number of aliphatic imine (C=N–C) groups is 1. The molecule has 0 radical (unpaired) electrons. The highest BCUT2D eigenvalue weighted by Gasteiger charge is 2.30. The minimum absolute atomic E-state index is 0. The molecule has 1 aromatic rings. The lowest BCUT2D eigenvalue weighted by Crippen LogP contribution is -2.40. The van der Waals surface area contributed by atoms with Gasteiger partial charge in [0.15, 0.2) is 5.96 Å². The van der Waals surface area contributed by atoms with Gasteiger partial charge in [0.1, 0.15) is 0 Å². The Kier molecular flexibility index (Phi) is 10.6. The summed E-state index contributed by atoms with van der Waals surface area (Å²) in [4.78, 5) is 6.67. The van der Waals surface area contributed by atoms with E-state index < -0.39 is 11.7 Å². The van der Waals surface area contributed by atoms with Crippen molar-refractivity contribution >= 4 is 29.9 Å². The number of benzene rings is 1. The zero-order valence-corrected chi connectivity index (χ0v) is 19.2. The molecule has 1 atom stereocenters. The van der Waals surface area contributed by atoms with E-state index in [-0.39, 0.29) is 30.0 Å². The molecule has 0 amide bonds. The van der Waals surface area contributed by atoms with E-state index in [4.69, 9.17) is 0 Å². The van der Waals surface area contributed by atoms with E-state index in [1.54, 1.807) is 13.1 Å². The van der Waals surface area contributed by atoms with Crippen LogP contribution in [0.3, 0.4) is 0 Å². The van der Waals surface area contributed by atoms with Gasteiger partial charge in [-0.25, -0.2) is 0 Å². The summed E-state index contributed by atoms with van der Waals surface area (Å²) in [7, 11) is 1.67. The van der Waals surface area contributed by atoms with Crippen molar-refractivity contribution in [2.45, 2.75) is 45.3 Å². The first-order chi connectivity index (χ1) is 12.8. The highest BCUT2D eigenvalue weighted by atomic mass is 127. The van der Waals surface area contributed by atoms with Gasteiger partial charge < -0.3 is 15.5 Å². The monoisotopic (exact) mass is 512 g/mol. The van der Waals surface area contributed by atoms with Gasteiger partial charge in [-0.3, -0.25) is 4.99 Å². The Labute approximate surface area is 183 Å². The molecule has 8 heteroatoms. The second kappa shape index (κ2) is 11.8. The van der Waals surface area contributed by atoms with Crippen molar-refractivity contribution in [3.05, 3.63) is 35.4 Å². The molecule has 4 nitrogen and oxygen atoms in total. The van der Waals surface area contributed by atoms with Gasteiger partial charge in [0.25, 0.3) is 0 Å². The second-order valence-corrected chi connectivity index (χ2v) is 7.15. The Morgan fingerprint density at radius 2 is 1.96 bits per heavy atom. The minimum atomic E-state index is -4.33. The summed E-state index contributed by atoms with van der Waals surface area (Å²) in [6.07, 6.45) is -0.802. The third kappa shape index (κ3) is 7.77. The summed E-state index contributed by atoms with van der Waals surface area (Å²) in [5.74, 6) is 1.34. The summed E-state index contributed by atoms with van der Waals surface area (Å²) in [6.45, 7) is 8.30. The van der Waals surface area contributed by atoms with Crippen LogP contribution in [0, 0.1) is 5.92 Å². The average molecular weight is 512 g/mol. The van der Waals surface area contributed by atoms with Crippen LogP contribution >= 0.6 is 24.0 Å². The molecule has 0 bridgehead atoms. The quantitative estimate of drug-likeness (QED) is 0.331. The lowest BCUT2D eigenvalue weighted by Gasteiger charge is -2.31. The maximum Gasteiger partial charge on any atom is 0.416 e.